The van der Waals surface area contributed by atoms with Gasteiger partial charge in [-0.1, -0.05) is 181 Å². The highest BCUT2D eigenvalue weighted by Crippen LogP contribution is 2.55. The molecular weight excluding hydrogens is 785 g/mol. The molecule has 8 rings (SSSR count). The van der Waals surface area contributed by atoms with E-state index in [2.05, 4.69) is 209 Å². The molecule has 0 radical (unpaired) electrons. The molecule has 0 aliphatic heterocycles. The number of anilines is 6. The van der Waals surface area contributed by atoms with Gasteiger partial charge in [-0.15, -0.1) is 0 Å². The average Bonchev–Trinajstić information content (AvgIpc) is 3.58. The summed E-state index contributed by atoms with van der Waals surface area (Å²) in [6.07, 6.45) is 18.4. The maximum absolute atomic E-state index is 2.60. The average molecular weight is 857 g/mol. The first-order chi connectivity index (χ1) is 31.8. The van der Waals surface area contributed by atoms with Gasteiger partial charge in [-0.3, -0.25) is 0 Å². The monoisotopic (exact) mass is 857 g/mol. The lowest BCUT2D eigenvalue weighted by atomic mass is 9.70. The largest absolute Gasteiger partial charge is 0.310 e. The number of aryl methyl sites for hydroxylation is 4. The van der Waals surface area contributed by atoms with Crippen molar-refractivity contribution in [2.75, 3.05) is 9.80 Å². The van der Waals surface area contributed by atoms with Gasteiger partial charge in [0.25, 0.3) is 0 Å². The Kier molecular flexibility index (Phi) is 15.1. The first kappa shape index (κ1) is 45.7. The Morgan fingerprint density at radius 2 is 0.708 bits per heavy atom. The summed E-state index contributed by atoms with van der Waals surface area (Å²) in [4.78, 5) is 4.76. The fourth-order valence-corrected chi connectivity index (χ4v) is 10.5. The highest BCUT2D eigenvalue weighted by molar-refractivity contribution is 5.86. The third-order valence-electron chi connectivity index (χ3n) is 14.1. The van der Waals surface area contributed by atoms with E-state index < -0.39 is 0 Å². The fourth-order valence-electron chi connectivity index (χ4n) is 10.5. The molecule has 0 spiro atoms. The van der Waals surface area contributed by atoms with Crippen LogP contribution in [0.5, 0.6) is 0 Å². The van der Waals surface area contributed by atoms with Crippen molar-refractivity contribution in [3.63, 3.8) is 0 Å². The standard InChI is InChI=1S/C63H72N2/c1-7-9-11-13-15-17-41-63(42-18-16-14-12-10-8-2)61-45-50(6)27-39-59(61)60-40-30-52(46-62(60)63)51-28-33-54(34-29-51)65(58-24-20-22-49(5)44-58)56-37-35-55(36-38-56)64(53-31-25-47(3)26-32-53)57-23-19-21-48(4)43-57/h19-40,43-46H,7-18,41-42H2,1-6H3. The minimum absolute atomic E-state index is 0.0602. The highest BCUT2D eigenvalue weighted by atomic mass is 15.2. The van der Waals surface area contributed by atoms with Gasteiger partial charge in [0.15, 0.2) is 0 Å². The molecule has 0 N–H and O–H groups in total. The molecule has 7 aromatic rings. The maximum atomic E-state index is 2.60. The summed E-state index contributed by atoms with van der Waals surface area (Å²) in [6, 6.07) is 59.6. The summed E-state index contributed by atoms with van der Waals surface area (Å²) in [5, 5.41) is 0. The molecule has 2 heteroatoms. The summed E-state index contributed by atoms with van der Waals surface area (Å²) in [5.74, 6) is 0. The Morgan fingerprint density at radius 3 is 1.20 bits per heavy atom. The first-order valence-electron chi connectivity index (χ1n) is 25.0. The van der Waals surface area contributed by atoms with Crippen molar-refractivity contribution in [3.8, 4) is 22.3 Å². The van der Waals surface area contributed by atoms with Crippen LogP contribution in [0.15, 0.2) is 158 Å². The zero-order chi connectivity index (χ0) is 45.2. The molecule has 0 atom stereocenters. The molecule has 0 fully saturated rings. The molecule has 1 aliphatic carbocycles. The second kappa shape index (κ2) is 21.4. The summed E-state index contributed by atoms with van der Waals surface area (Å²) in [6.45, 7) is 13.4. The SMILES string of the molecule is CCCCCCCCC1(CCCCCCCC)c2cc(C)ccc2-c2ccc(-c3ccc(N(c4ccc(N(c5ccc(C)cc5)c5cccc(C)c5)cc4)c4cccc(C)c4)cc3)cc21. The van der Waals surface area contributed by atoms with Crippen molar-refractivity contribution in [2.45, 2.75) is 137 Å². The van der Waals surface area contributed by atoms with Crippen LogP contribution in [0, 0.1) is 27.7 Å². The van der Waals surface area contributed by atoms with Crippen LogP contribution in [0.4, 0.5) is 34.1 Å². The zero-order valence-electron chi connectivity index (χ0n) is 40.3. The lowest BCUT2D eigenvalue weighted by Crippen LogP contribution is -2.25. The van der Waals surface area contributed by atoms with Gasteiger partial charge >= 0.3 is 0 Å². The summed E-state index contributed by atoms with van der Waals surface area (Å²) >= 11 is 0. The predicted molar refractivity (Wildman–Crippen MR) is 282 cm³/mol. The Hall–Kier alpha value is -5.86. The fraction of sp³-hybridized carbons (Fsp3) is 0.333. The predicted octanol–water partition coefficient (Wildman–Crippen LogP) is 19.3. The Balaban J connectivity index is 1.13. The van der Waals surface area contributed by atoms with Crippen LogP contribution >= 0.6 is 0 Å². The zero-order valence-corrected chi connectivity index (χ0v) is 40.3. The third-order valence-corrected chi connectivity index (χ3v) is 14.1. The number of rotatable bonds is 21. The molecule has 0 saturated carbocycles. The van der Waals surface area contributed by atoms with E-state index in [1.54, 1.807) is 11.1 Å². The quantitative estimate of drug-likeness (QED) is 0.0665. The molecule has 7 aromatic carbocycles. The lowest BCUT2D eigenvalue weighted by molar-refractivity contribution is 0.398. The molecule has 0 aromatic heterocycles. The number of nitrogens with zero attached hydrogens (tertiary/aromatic N) is 2. The van der Waals surface area contributed by atoms with Crippen LogP contribution in [0.25, 0.3) is 22.3 Å². The van der Waals surface area contributed by atoms with E-state index in [4.69, 9.17) is 0 Å². The lowest BCUT2D eigenvalue weighted by Gasteiger charge is -2.33. The Morgan fingerprint density at radius 1 is 0.323 bits per heavy atom. The molecule has 1 aliphatic rings. The number of hydrogen-bond donors (Lipinski definition) is 0. The number of fused-ring (bicyclic) bond motifs is 3. The van der Waals surface area contributed by atoms with Gasteiger partial charge in [0, 0.05) is 39.5 Å². The van der Waals surface area contributed by atoms with Crippen LogP contribution in [-0.2, 0) is 5.41 Å². The van der Waals surface area contributed by atoms with E-state index >= 15 is 0 Å². The molecular formula is C63H72N2. The highest BCUT2D eigenvalue weighted by Gasteiger charge is 2.42. The van der Waals surface area contributed by atoms with E-state index in [1.807, 2.05) is 0 Å². The molecule has 0 saturated heterocycles. The summed E-state index contributed by atoms with van der Waals surface area (Å²) in [7, 11) is 0. The topological polar surface area (TPSA) is 6.48 Å². The van der Waals surface area contributed by atoms with Gasteiger partial charge in [-0.25, -0.2) is 0 Å². The molecule has 334 valence electrons. The van der Waals surface area contributed by atoms with Gasteiger partial charge in [-0.2, -0.15) is 0 Å². The van der Waals surface area contributed by atoms with Crippen molar-refractivity contribution >= 4 is 34.1 Å². The molecule has 0 amide bonds. The van der Waals surface area contributed by atoms with Crippen LogP contribution < -0.4 is 9.80 Å². The first-order valence-corrected chi connectivity index (χ1v) is 25.0. The molecule has 0 unspecified atom stereocenters. The normalized spacial score (nSPS) is 12.5. The minimum atomic E-state index is 0.0602. The van der Waals surface area contributed by atoms with Crippen LogP contribution in [-0.4, -0.2) is 0 Å². The van der Waals surface area contributed by atoms with Crippen LogP contribution in [0.2, 0.25) is 0 Å². The van der Waals surface area contributed by atoms with Crippen molar-refractivity contribution in [3.05, 3.63) is 191 Å². The number of hydrogen-bond acceptors (Lipinski definition) is 2. The maximum Gasteiger partial charge on any atom is 0.0464 e. The Bertz CT molecular complexity index is 2600. The van der Waals surface area contributed by atoms with Crippen molar-refractivity contribution in [1.82, 2.24) is 0 Å². The van der Waals surface area contributed by atoms with E-state index in [-0.39, 0.29) is 5.41 Å². The smallest absolute Gasteiger partial charge is 0.0464 e. The van der Waals surface area contributed by atoms with Gasteiger partial charge < -0.3 is 9.80 Å². The molecule has 0 bridgehead atoms. The minimum Gasteiger partial charge on any atom is -0.310 e. The van der Waals surface area contributed by atoms with Crippen LogP contribution in [0.1, 0.15) is 137 Å². The van der Waals surface area contributed by atoms with Gasteiger partial charge in [0.1, 0.15) is 0 Å². The number of benzene rings is 7. The molecule has 65 heavy (non-hydrogen) atoms. The van der Waals surface area contributed by atoms with E-state index in [0.29, 0.717) is 0 Å². The summed E-state index contributed by atoms with van der Waals surface area (Å²) < 4.78 is 0. The number of unbranched alkanes of at least 4 members (excludes halogenated alkanes) is 10. The van der Waals surface area contributed by atoms with Crippen LogP contribution in [0.3, 0.4) is 0 Å². The second-order valence-electron chi connectivity index (χ2n) is 19.2. The van der Waals surface area contributed by atoms with E-state index in [1.165, 1.54) is 134 Å². The van der Waals surface area contributed by atoms with Gasteiger partial charge in [0.05, 0.1) is 0 Å². The second-order valence-corrected chi connectivity index (χ2v) is 19.2. The van der Waals surface area contributed by atoms with Crippen molar-refractivity contribution in [2.24, 2.45) is 0 Å². The third kappa shape index (κ3) is 10.5. The van der Waals surface area contributed by atoms with Crippen molar-refractivity contribution < 1.29 is 0 Å². The Labute approximate surface area is 392 Å². The van der Waals surface area contributed by atoms with E-state index in [0.717, 1.165) is 34.1 Å². The van der Waals surface area contributed by atoms with Gasteiger partial charge in [-0.05, 0) is 164 Å². The summed E-state index contributed by atoms with van der Waals surface area (Å²) in [5.41, 5.74) is 20.7. The van der Waals surface area contributed by atoms with Gasteiger partial charge in [0.2, 0.25) is 0 Å². The van der Waals surface area contributed by atoms with Crippen molar-refractivity contribution in [1.29, 1.82) is 0 Å². The molecule has 2 nitrogen and oxygen atoms in total. The molecule has 0 heterocycles. The van der Waals surface area contributed by atoms with E-state index in [9.17, 15) is 0 Å².